The van der Waals surface area contributed by atoms with Crippen molar-refractivity contribution in [1.29, 1.82) is 0 Å². The second-order valence-electron chi connectivity index (χ2n) is 11.0. The van der Waals surface area contributed by atoms with Gasteiger partial charge < -0.3 is 4.57 Å². The van der Waals surface area contributed by atoms with E-state index < -0.39 is 197 Å². The molecule has 4 aromatic heterocycles. The first-order valence-electron chi connectivity index (χ1n) is 27.5. The molecule has 0 saturated carbocycles. The van der Waals surface area contributed by atoms with Crippen molar-refractivity contribution in [2.75, 3.05) is 0 Å². The first-order chi connectivity index (χ1) is 35.7. The molecule has 0 radical (unpaired) electrons. The van der Waals surface area contributed by atoms with E-state index in [1.807, 2.05) is 0 Å². The fourth-order valence-electron chi connectivity index (χ4n) is 6.35. The molecular formula is C45H27N5S. The molecule has 4 heterocycles. The maximum atomic E-state index is 9.48. The number of fused-ring (bicyclic) bond motifs is 10. The minimum absolute atomic E-state index is 0.0975. The van der Waals surface area contributed by atoms with Crippen LogP contribution in [0.5, 0.6) is 0 Å². The van der Waals surface area contributed by atoms with Gasteiger partial charge in [0.05, 0.1) is 56.3 Å². The highest BCUT2D eigenvalue weighted by Gasteiger charge is 2.24. The number of para-hydroxylation sites is 3. The molecule has 0 aliphatic carbocycles. The first kappa shape index (κ1) is 13.2. The quantitative estimate of drug-likeness (QED) is 0.184. The van der Waals surface area contributed by atoms with E-state index in [4.69, 9.17) is 29.7 Å². The normalized spacial score (nSPS) is 18.8. The molecule has 0 spiro atoms. The zero-order valence-electron chi connectivity index (χ0n) is 50.3. The first-order valence-corrected chi connectivity index (χ1v) is 15.8. The lowest BCUT2D eigenvalue weighted by Gasteiger charge is -2.13. The summed E-state index contributed by atoms with van der Waals surface area (Å²) >= 11 is 0.697. The van der Waals surface area contributed by atoms with Crippen LogP contribution in [0.1, 0.15) is 34.3 Å². The number of benzene rings is 7. The Morgan fingerprint density at radius 3 is 1.76 bits per heavy atom. The van der Waals surface area contributed by atoms with E-state index >= 15 is 0 Å². The summed E-state index contributed by atoms with van der Waals surface area (Å²) < 4.78 is 224. The zero-order chi connectivity index (χ0) is 55.2. The number of nitrogens with zero attached hydrogens (tertiary/aromatic N) is 5. The monoisotopic (exact) mass is 694 g/mol. The van der Waals surface area contributed by atoms with Gasteiger partial charge in [-0.05, 0) is 36.3 Å². The molecular weight excluding hydrogens is 643 g/mol. The molecule has 0 aliphatic heterocycles. The average molecular weight is 695 g/mol. The summed E-state index contributed by atoms with van der Waals surface area (Å²) in [6, 6.07) is -16.5. The Hall–Kier alpha value is -6.63. The van der Waals surface area contributed by atoms with Crippen LogP contribution in [-0.2, 0) is 0 Å². The predicted octanol–water partition coefficient (Wildman–Crippen LogP) is 11.8. The van der Waals surface area contributed by atoms with Crippen molar-refractivity contribution in [1.82, 2.24) is 24.1 Å². The summed E-state index contributed by atoms with van der Waals surface area (Å²) in [5.74, 6) is -2.21. The van der Waals surface area contributed by atoms with Crippen molar-refractivity contribution < 1.29 is 34.3 Å². The molecule has 0 atom stereocenters. The van der Waals surface area contributed by atoms with Gasteiger partial charge in [-0.1, -0.05) is 127 Å². The summed E-state index contributed by atoms with van der Waals surface area (Å²) in [6.45, 7) is 0. The van der Waals surface area contributed by atoms with Gasteiger partial charge in [-0.2, -0.15) is 9.97 Å². The van der Waals surface area contributed by atoms with Crippen LogP contribution in [0.2, 0.25) is 0 Å². The van der Waals surface area contributed by atoms with E-state index in [2.05, 4.69) is 9.97 Å². The number of aromatic nitrogens is 5. The van der Waals surface area contributed by atoms with Gasteiger partial charge in [0, 0.05) is 58.5 Å². The maximum absolute atomic E-state index is 9.48. The molecule has 11 aromatic rings. The molecule has 11 rings (SSSR count). The fraction of sp³-hybridized carbons (Fsp3) is 0. The Morgan fingerprint density at radius 2 is 1.02 bits per heavy atom. The average Bonchev–Trinajstić information content (AvgIpc) is 4.21. The number of hydrogen-bond donors (Lipinski definition) is 0. The summed E-state index contributed by atoms with van der Waals surface area (Å²) in [5, 5.41) is -1.20. The predicted molar refractivity (Wildman–Crippen MR) is 212 cm³/mol. The lowest BCUT2D eigenvalue weighted by molar-refractivity contribution is 0.954. The Balaban J connectivity index is 1.46. The minimum atomic E-state index is -0.876. The molecule has 0 saturated heterocycles. The van der Waals surface area contributed by atoms with Gasteiger partial charge in [0.1, 0.15) is 0 Å². The van der Waals surface area contributed by atoms with Crippen LogP contribution in [0.3, 0.4) is 0 Å². The summed E-state index contributed by atoms with van der Waals surface area (Å²) in [6.07, 6.45) is 0. The van der Waals surface area contributed by atoms with E-state index in [9.17, 15) is 9.60 Å². The molecule has 7 aromatic carbocycles. The maximum Gasteiger partial charge on any atom is 0.238 e. The van der Waals surface area contributed by atoms with E-state index in [1.54, 1.807) is 0 Å². The molecule has 238 valence electrons. The standard InChI is InChI=1S/C45H27N5S/c1-3-14-28(15-4-1)43-46-44(35-21-13-25-39-40(35)34-20-9-12-24-38(34)51-39)48-45(47-43)50-37-23-11-8-19-31(37)33-27-26-32-30-18-7-10-22-36(30)49(41(32)42(33)50)29-16-5-2-6-17-29/h1-27H/i1D,2D,3D,4D,5D,6D,7D,8D,9D,10D,11D,12D,13D,14D,15D,16D,17D,18D,19D,20D,21D,22D,23D,24D,25D. The van der Waals surface area contributed by atoms with Crippen molar-refractivity contribution in [3.63, 3.8) is 0 Å². The summed E-state index contributed by atoms with van der Waals surface area (Å²) in [5.41, 5.74) is -3.34. The van der Waals surface area contributed by atoms with Gasteiger partial charge in [0.15, 0.2) is 11.6 Å². The Bertz CT molecular complexity index is 4540. The highest BCUT2D eigenvalue weighted by atomic mass is 32.1. The van der Waals surface area contributed by atoms with Gasteiger partial charge >= 0.3 is 0 Å². The molecule has 0 amide bonds. The second-order valence-corrected chi connectivity index (χ2v) is 12.0. The van der Waals surface area contributed by atoms with Crippen molar-refractivity contribution >= 4 is 75.1 Å². The van der Waals surface area contributed by atoms with Crippen molar-refractivity contribution in [2.45, 2.75) is 0 Å². The van der Waals surface area contributed by atoms with Crippen LogP contribution in [-0.4, -0.2) is 24.1 Å². The van der Waals surface area contributed by atoms with E-state index in [1.165, 1.54) is 12.1 Å². The number of thiophene rings is 1. The number of rotatable bonds is 4. The Kier molecular flexibility index (Phi) is 2.84. The van der Waals surface area contributed by atoms with Gasteiger partial charge in [-0.15, -0.1) is 11.3 Å². The fourth-order valence-corrected chi connectivity index (χ4v) is 7.32. The summed E-state index contributed by atoms with van der Waals surface area (Å²) in [7, 11) is 0. The Morgan fingerprint density at radius 1 is 0.451 bits per heavy atom. The van der Waals surface area contributed by atoms with Gasteiger partial charge in [0.2, 0.25) is 5.95 Å². The molecule has 0 N–H and O–H groups in total. The molecule has 51 heavy (non-hydrogen) atoms. The third-order valence-corrected chi connectivity index (χ3v) is 9.37. The van der Waals surface area contributed by atoms with Gasteiger partial charge in [0.25, 0.3) is 0 Å². The van der Waals surface area contributed by atoms with E-state index in [-0.39, 0.29) is 52.8 Å². The second kappa shape index (κ2) is 10.9. The molecule has 6 heteroatoms. The zero-order valence-corrected chi connectivity index (χ0v) is 26.1. The van der Waals surface area contributed by atoms with E-state index in [0.717, 1.165) is 9.13 Å². The highest BCUT2D eigenvalue weighted by Crippen LogP contribution is 2.43. The topological polar surface area (TPSA) is 48.5 Å². The lowest BCUT2D eigenvalue weighted by atomic mass is 10.1. The third kappa shape index (κ3) is 4.17. The summed E-state index contributed by atoms with van der Waals surface area (Å²) in [4.78, 5) is 14.0. The van der Waals surface area contributed by atoms with Gasteiger partial charge in [-0.25, -0.2) is 4.98 Å². The molecule has 0 bridgehead atoms. The van der Waals surface area contributed by atoms with E-state index in [0.29, 0.717) is 11.3 Å². The Labute approximate surface area is 331 Å². The third-order valence-electron chi connectivity index (χ3n) is 8.35. The van der Waals surface area contributed by atoms with Gasteiger partial charge in [-0.3, -0.25) is 4.57 Å². The smallest absolute Gasteiger partial charge is 0.238 e. The highest BCUT2D eigenvalue weighted by molar-refractivity contribution is 7.25. The largest absolute Gasteiger partial charge is 0.307 e. The van der Waals surface area contributed by atoms with Crippen LogP contribution < -0.4 is 0 Å². The van der Waals surface area contributed by atoms with Crippen molar-refractivity contribution in [2.24, 2.45) is 0 Å². The van der Waals surface area contributed by atoms with Crippen LogP contribution in [0.25, 0.3) is 98.2 Å². The SMILES string of the molecule is [2H]c1c([2H])c([2H])c(-c2nc(-c3c([2H])c([2H])c([2H])c4sc5c([2H])c([2H])c([2H])c([2H])c5c34)nc(-n3c4c([2H])c([2H])c([2H])c([2H])c4c4ccc5c6c([2H])c([2H])c([2H])c([2H])c6n(-c6c([2H])c([2H])c([2H])c([2H])c6[2H])c5c43)n2)c([2H])c1[2H]. The van der Waals surface area contributed by atoms with Crippen LogP contribution >= 0.6 is 11.3 Å². The molecule has 0 unspecified atom stereocenters. The number of hydrogen-bond acceptors (Lipinski definition) is 4. The van der Waals surface area contributed by atoms with Crippen molar-refractivity contribution in [3.8, 4) is 34.4 Å². The van der Waals surface area contributed by atoms with Crippen LogP contribution in [0.15, 0.2) is 163 Å². The van der Waals surface area contributed by atoms with Crippen LogP contribution in [0.4, 0.5) is 0 Å². The molecule has 0 aliphatic rings. The molecule has 0 fully saturated rings. The lowest BCUT2D eigenvalue weighted by Crippen LogP contribution is -2.07. The minimum Gasteiger partial charge on any atom is -0.307 e. The van der Waals surface area contributed by atoms with Crippen molar-refractivity contribution in [3.05, 3.63) is 163 Å². The molecule has 5 nitrogen and oxygen atoms in total. The van der Waals surface area contributed by atoms with Crippen LogP contribution in [0, 0.1) is 0 Å².